The van der Waals surface area contributed by atoms with Crippen LogP contribution in [0.25, 0.3) is 11.0 Å². The Kier molecular flexibility index (Phi) is 5.84. The van der Waals surface area contributed by atoms with E-state index in [1.165, 1.54) is 5.56 Å². The van der Waals surface area contributed by atoms with Crippen LogP contribution in [0.3, 0.4) is 0 Å². The molecule has 1 saturated heterocycles. The molecule has 1 N–H and O–H groups in total. The van der Waals surface area contributed by atoms with Crippen LogP contribution in [0.2, 0.25) is 5.02 Å². The fourth-order valence-electron chi connectivity index (χ4n) is 4.07. The molecule has 0 saturated carbocycles. The molecule has 1 aliphatic heterocycles. The van der Waals surface area contributed by atoms with Gasteiger partial charge in [-0.3, -0.25) is 9.69 Å². The Morgan fingerprint density at radius 2 is 1.62 bits per heavy atom. The Morgan fingerprint density at radius 1 is 0.906 bits per heavy atom. The summed E-state index contributed by atoms with van der Waals surface area (Å²) in [5.41, 5.74) is 3.79. The van der Waals surface area contributed by atoms with Gasteiger partial charge in [-0.1, -0.05) is 48.0 Å². The van der Waals surface area contributed by atoms with Crippen molar-refractivity contribution in [3.8, 4) is 0 Å². The third kappa shape index (κ3) is 4.49. The first kappa shape index (κ1) is 20.6. The van der Waals surface area contributed by atoms with Crippen molar-refractivity contribution >= 4 is 39.9 Å². The van der Waals surface area contributed by atoms with Gasteiger partial charge in [0.25, 0.3) is 5.91 Å². The second-order valence-electron chi connectivity index (χ2n) is 8.00. The Labute approximate surface area is 192 Å². The van der Waals surface area contributed by atoms with E-state index in [1.807, 2.05) is 54.6 Å². The van der Waals surface area contributed by atoms with Crippen LogP contribution in [0.4, 0.5) is 11.4 Å². The SMILES string of the molecule is O=C(Nc1ccc(N2CCN(Cc3ccccc3Cl)CC2)cc1)c1cc2ccccc2o1. The highest BCUT2D eigenvalue weighted by Crippen LogP contribution is 2.23. The van der Waals surface area contributed by atoms with Gasteiger partial charge in [0, 0.05) is 54.5 Å². The summed E-state index contributed by atoms with van der Waals surface area (Å²) in [5.74, 6) is 0.0621. The Bertz CT molecular complexity index is 1190. The number of furan rings is 1. The molecule has 32 heavy (non-hydrogen) atoms. The summed E-state index contributed by atoms with van der Waals surface area (Å²) < 4.78 is 5.65. The summed E-state index contributed by atoms with van der Waals surface area (Å²) in [6.45, 7) is 4.75. The second kappa shape index (κ2) is 9.07. The molecule has 162 valence electrons. The number of benzene rings is 3. The average Bonchev–Trinajstić information content (AvgIpc) is 3.26. The minimum atomic E-state index is -0.248. The lowest BCUT2D eigenvalue weighted by atomic mass is 10.2. The lowest BCUT2D eigenvalue weighted by Gasteiger charge is -2.36. The summed E-state index contributed by atoms with van der Waals surface area (Å²) in [6.07, 6.45) is 0. The van der Waals surface area contributed by atoms with Crippen molar-refractivity contribution in [2.45, 2.75) is 6.54 Å². The van der Waals surface area contributed by atoms with Gasteiger partial charge in [0.1, 0.15) is 5.58 Å². The zero-order chi connectivity index (χ0) is 21.9. The molecule has 1 aromatic heterocycles. The molecule has 6 heteroatoms. The van der Waals surface area contributed by atoms with Crippen LogP contribution in [-0.2, 0) is 6.54 Å². The van der Waals surface area contributed by atoms with Gasteiger partial charge in [-0.15, -0.1) is 0 Å². The van der Waals surface area contributed by atoms with Gasteiger partial charge < -0.3 is 14.6 Å². The number of carbonyl (C=O) groups is 1. The first-order valence-corrected chi connectivity index (χ1v) is 11.1. The first-order valence-electron chi connectivity index (χ1n) is 10.8. The number of para-hydroxylation sites is 1. The maximum atomic E-state index is 12.6. The number of hydrogen-bond donors (Lipinski definition) is 1. The van der Waals surface area contributed by atoms with Crippen LogP contribution in [0.5, 0.6) is 0 Å². The van der Waals surface area contributed by atoms with Gasteiger partial charge in [0.2, 0.25) is 0 Å². The maximum absolute atomic E-state index is 12.6. The van der Waals surface area contributed by atoms with E-state index in [1.54, 1.807) is 6.07 Å². The molecule has 0 unspecified atom stereocenters. The first-order chi connectivity index (χ1) is 15.7. The van der Waals surface area contributed by atoms with E-state index >= 15 is 0 Å². The number of nitrogens with one attached hydrogen (secondary N) is 1. The lowest BCUT2D eigenvalue weighted by Crippen LogP contribution is -2.46. The van der Waals surface area contributed by atoms with Crippen molar-refractivity contribution < 1.29 is 9.21 Å². The Morgan fingerprint density at radius 3 is 2.38 bits per heavy atom. The molecular weight excluding hydrogens is 422 g/mol. The number of fused-ring (bicyclic) bond motifs is 1. The van der Waals surface area contributed by atoms with Gasteiger partial charge >= 0.3 is 0 Å². The number of amides is 1. The zero-order valence-corrected chi connectivity index (χ0v) is 18.4. The third-order valence-electron chi connectivity index (χ3n) is 5.86. The molecule has 5 nitrogen and oxygen atoms in total. The predicted molar refractivity (Wildman–Crippen MR) is 130 cm³/mol. The summed E-state index contributed by atoms with van der Waals surface area (Å²) >= 11 is 6.31. The normalized spacial score (nSPS) is 14.6. The number of carbonyl (C=O) groups excluding carboxylic acids is 1. The van der Waals surface area contributed by atoms with E-state index in [2.05, 4.69) is 33.3 Å². The van der Waals surface area contributed by atoms with Crippen molar-refractivity contribution in [2.75, 3.05) is 36.4 Å². The van der Waals surface area contributed by atoms with E-state index < -0.39 is 0 Å². The molecule has 1 fully saturated rings. The summed E-state index contributed by atoms with van der Waals surface area (Å²) in [7, 11) is 0. The minimum Gasteiger partial charge on any atom is -0.451 e. The molecule has 0 aliphatic carbocycles. The molecule has 0 bridgehead atoms. The average molecular weight is 446 g/mol. The van der Waals surface area contributed by atoms with Gasteiger partial charge in [-0.25, -0.2) is 0 Å². The van der Waals surface area contributed by atoms with Crippen molar-refractivity contribution in [1.29, 1.82) is 0 Å². The molecule has 5 rings (SSSR count). The quantitative estimate of drug-likeness (QED) is 0.430. The largest absolute Gasteiger partial charge is 0.451 e. The fraction of sp³-hybridized carbons (Fsp3) is 0.192. The molecule has 0 radical (unpaired) electrons. The fourth-order valence-corrected chi connectivity index (χ4v) is 4.27. The van der Waals surface area contributed by atoms with Crippen LogP contribution in [0.1, 0.15) is 16.1 Å². The molecular formula is C26H24ClN3O2. The van der Waals surface area contributed by atoms with Gasteiger partial charge in [0.15, 0.2) is 5.76 Å². The highest BCUT2D eigenvalue weighted by atomic mass is 35.5. The number of anilines is 2. The van der Waals surface area contributed by atoms with Crippen molar-refractivity contribution in [1.82, 2.24) is 4.90 Å². The van der Waals surface area contributed by atoms with Crippen LogP contribution < -0.4 is 10.2 Å². The number of piperazine rings is 1. The number of halogens is 1. The number of rotatable bonds is 5. The van der Waals surface area contributed by atoms with E-state index in [4.69, 9.17) is 16.0 Å². The standard InChI is InChI=1S/C26H24ClN3O2/c27-23-7-3-1-6-20(23)18-29-13-15-30(16-14-29)22-11-9-21(10-12-22)28-26(31)25-17-19-5-2-4-8-24(19)32-25/h1-12,17H,13-16,18H2,(H,28,31). The van der Waals surface area contributed by atoms with Crippen molar-refractivity contribution in [3.63, 3.8) is 0 Å². The van der Waals surface area contributed by atoms with Crippen molar-refractivity contribution in [3.05, 3.63) is 95.2 Å². The number of hydrogen-bond acceptors (Lipinski definition) is 4. The maximum Gasteiger partial charge on any atom is 0.291 e. The Hall–Kier alpha value is -3.28. The summed E-state index contributed by atoms with van der Waals surface area (Å²) in [4.78, 5) is 17.3. The second-order valence-corrected chi connectivity index (χ2v) is 8.41. The van der Waals surface area contributed by atoms with Crippen LogP contribution >= 0.6 is 11.6 Å². The highest BCUT2D eigenvalue weighted by Gasteiger charge is 2.18. The topological polar surface area (TPSA) is 48.7 Å². The number of nitrogens with zero attached hydrogens (tertiary/aromatic N) is 2. The molecule has 0 atom stereocenters. The molecule has 1 aliphatic rings. The monoisotopic (exact) mass is 445 g/mol. The van der Waals surface area contributed by atoms with Crippen molar-refractivity contribution in [2.24, 2.45) is 0 Å². The van der Waals surface area contributed by atoms with E-state index in [-0.39, 0.29) is 5.91 Å². The van der Waals surface area contributed by atoms with E-state index in [0.717, 1.165) is 54.5 Å². The summed E-state index contributed by atoms with van der Waals surface area (Å²) in [5, 5.41) is 4.66. The Balaban J connectivity index is 1.17. The van der Waals surface area contributed by atoms with Crippen LogP contribution in [0, 0.1) is 0 Å². The van der Waals surface area contributed by atoms with Gasteiger partial charge in [-0.05, 0) is 48.0 Å². The van der Waals surface area contributed by atoms with Gasteiger partial charge in [0.05, 0.1) is 0 Å². The molecule has 0 spiro atoms. The lowest BCUT2D eigenvalue weighted by molar-refractivity contribution is 0.0998. The van der Waals surface area contributed by atoms with E-state index in [9.17, 15) is 4.79 Å². The smallest absolute Gasteiger partial charge is 0.291 e. The summed E-state index contributed by atoms with van der Waals surface area (Å²) in [6, 6.07) is 25.4. The molecule has 1 amide bonds. The third-order valence-corrected chi connectivity index (χ3v) is 6.23. The van der Waals surface area contributed by atoms with E-state index in [0.29, 0.717) is 11.3 Å². The zero-order valence-electron chi connectivity index (χ0n) is 17.6. The molecule has 3 aromatic carbocycles. The van der Waals surface area contributed by atoms with Crippen LogP contribution in [0.15, 0.2) is 83.3 Å². The van der Waals surface area contributed by atoms with Crippen LogP contribution in [-0.4, -0.2) is 37.0 Å². The molecule has 4 aromatic rings. The minimum absolute atomic E-state index is 0.248. The highest BCUT2D eigenvalue weighted by molar-refractivity contribution is 6.31. The predicted octanol–water partition coefficient (Wildman–Crippen LogP) is 5.66. The molecule has 2 heterocycles. The van der Waals surface area contributed by atoms with Gasteiger partial charge in [-0.2, -0.15) is 0 Å².